The molecule has 0 spiro atoms. The number of amides is 1. The number of aromatic nitrogens is 2. The molecule has 1 amide bonds. The van der Waals surface area contributed by atoms with E-state index < -0.39 is 17.2 Å². The molecule has 0 atom stereocenters. The normalized spacial score (nSPS) is 10.8. The van der Waals surface area contributed by atoms with Crippen molar-refractivity contribution in [2.75, 3.05) is 0 Å². The first-order valence-corrected chi connectivity index (χ1v) is 9.13. The third kappa shape index (κ3) is 3.32. The lowest BCUT2D eigenvalue weighted by atomic mass is 10.0. The molecule has 0 aliphatic carbocycles. The summed E-state index contributed by atoms with van der Waals surface area (Å²) in [5.41, 5.74) is -0.102. The van der Waals surface area contributed by atoms with Crippen LogP contribution < -0.4 is 10.9 Å². The number of fused-ring (bicyclic) bond motifs is 1. The molecule has 2 aromatic heterocycles. The molecule has 6 nitrogen and oxygen atoms in total. The van der Waals surface area contributed by atoms with Gasteiger partial charge in [-0.25, -0.2) is 4.98 Å². The number of thiophene rings is 1. The van der Waals surface area contributed by atoms with Gasteiger partial charge >= 0.3 is 0 Å². The van der Waals surface area contributed by atoms with E-state index in [2.05, 4.69) is 15.3 Å². The summed E-state index contributed by atoms with van der Waals surface area (Å²) in [6, 6.07) is 17.3. The molecule has 2 aromatic carbocycles. The predicted molar refractivity (Wildman–Crippen MR) is 105 cm³/mol. The summed E-state index contributed by atoms with van der Waals surface area (Å²) in [4.78, 5) is 31.9. The molecule has 2 heterocycles. The lowest BCUT2D eigenvalue weighted by Crippen LogP contribution is -2.26. The SMILES string of the molecule is O=C(NCc1cccc2ccccc12)c1nc(-c2cccs2)[nH]c(=O)c1O. The zero-order valence-electron chi connectivity index (χ0n) is 14.1. The molecule has 4 rings (SSSR count). The Morgan fingerprint density at radius 2 is 1.93 bits per heavy atom. The first-order chi connectivity index (χ1) is 13.1. The molecule has 0 aliphatic heterocycles. The van der Waals surface area contributed by atoms with Crippen LogP contribution in [-0.4, -0.2) is 21.0 Å². The second-order valence-corrected chi connectivity index (χ2v) is 6.86. The zero-order valence-corrected chi connectivity index (χ0v) is 14.9. The Morgan fingerprint density at radius 1 is 1.11 bits per heavy atom. The number of rotatable bonds is 4. The van der Waals surface area contributed by atoms with E-state index in [1.165, 1.54) is 11.3 Å². The molecule has 0 aliphatic rings. The molecule has 4 aromatic rings. The summed E-state index contributed by atoms with van der Waals surface area (Å²) >= 11 is 1.38. The summed E-state index contributed by atoms with van der Waals surface area (Å²) in [5.74, 6) is -1.04. The number of carbonyl (C=O) groups excluding carboxylic acids is 1. The zero-order chi connectivity index (χ0) is 18.8. The third-order valence-corrected chi connectivity index (χ3v) is 5.06. The Hall–Kier alpha value is -3.45. The van der Waals surface area contributed by atoms with Gasteiger partial charge < -0.3 is 15.4 Å². The number of benzene rings is 2. The van der Waals surface area contributed by atoms with Gasteiger partial charge in [-0.1, -0.05) is 48.5 Å². The number of hydrogen-bond acceptors (Lipinski definition) is 5. The fourth-order valence-corrected chi connectivity index (χ4v) is 3.53. The van der Waals surface area contributed by atoms with E-state index in [-0.39, 0.29) is 18.1 Å². The van der Waals surface area contributed by atoms with Crippen molar-refractivity contribution < 1.29 is 9.90 Å². The molecule has 0 bridgehead atoms. The lowest BCUT2D eigenvalue weighted by Gasteiger charge is -2.09. The Labute approximate surface area is 158 Å². The van der Waals surface area contributed by atoms with Gasteiger partial charge in [0.2, 0.25) is 5.75 Å². The van der Waals surface area contributed by atoms with Crippen LogP contribution in [0.3, 0.4) is 0 Å². The summed E-state index contributed by atoms with van der Waals surface area (Å²) in [6.45, 7) is 0.252. The number of H-pyrrole nitrogens is 1. The van der Waals surface area contributed by atoms with Crippen molar-refractivity contribution in [2.45, 2.75) is 6.54 Å². The van der Waals surface area contributed by atoms with Gasteiger partial charge in [-0.05, 0) is 27.8 Å². The molecule has 0 saturated carbocycles. The highest BCUT2D eigenvalue weighted by Crippen LogP contribution is 2.22. The van der Waals surface area contributed by atoms with E-state index in [0.717, 1.165) is 16.3 Å². The molecule has 0 saturated heterocycles. The molecular formula is C20H15N3O3S. The maximum atomic E-state index is 12.6. The van der Waals surface area contributed by atoms with E-state index in [9.17, 15) is 14.7 Å². The van der Waals surface area contributed by atoms with Crippen molar-refractivity contribution >= 4 is 28.0 Å². The van der Waals surface area contributed by atoms with E-state index in [1.54, 1.807) is 6.07 Å². The average molecular weight is 377 g/mol. The van der Waals surface area contributed by atoms with E-state index in [4.69, 9.17) is 0 Å². The highest BCUT2D eigenvalue weighted by molar-refractivity contribution is 7.13. The smallest absolute Gasteiger partial charge is 0.294 e. The number of hydrogen-bond donors (Lipinski definition) is 3. The molecule has 134 valence electrons. The molecule has 0 radical (unpaired) electrons. The molecular weight excluding hydrogens is 362 g/mol. The number of carbonyl (C=O) groups is 1. The van der Waals surface area contributed by atoms with Crippen LogP contribution in [0.25, 0.3) is 21.5 Å². The van der Waals surface area contributed by atoms with Gasteiger partial charge in [0.05, 0.1) is 4.88 Å². The van der Waals surface area contributed by atoms with Crippen LogP contribution in [0.2, 0.25) is 0 Å². The fourth-order valence-electron chi connectivity index (χ4n) is 2.86. The molecule has 7 heteroatoms. The predicted octanol–water partition coefficient (Wildman–Crippen LogP) is 3.29. The first kappa shape index (κ1) is 17.0. The summed E-state index contributed by atoms with van der Waals surface area (Å²) in [5, 5.41) is 16.7. The van der Waals surface area contributed by atoms with Crippen molar-refractivity contribution in [1.29, 1.82) is 0 Å². The fraction of sp³-hybridized carbons (Fsp3) is 0.0500. The third-order valence-electron chi connectivity index (χ3n) is 4.18. The number of nitrogens with one attached hydrogen (secondary N) is 2. The monoisotopic (exact) mass is 377 g/mol. The minimum absolute atomic E-state index is 0.252. The second-order valence-electron chi connectivity index (χ2n) is 5.91. The van der Waals surface area contributed by atoms with Crippen LogP contribution in [0.1, 0.15) is 16.1 Å². The number of aromatic hydroxyl groups is 1. The maximum absolute atomic E-state index is 12.6. The largest absolute Gasteiger partial charge is 0.501 e. The quantitative estimate of drug-likeness (QED) is 0.509. The van der Waals surface area contributed by atoms with Crippen molar-refractivity contribution in [2.24, 2.45) is 0 Å². The average Bonchev–Trinajstić information content (AvgIpc) is 3.23. The minimum atomic E-state index is -0.747. The van der Waals surface area contributed by atoms with Gasteiger partial charge in [-0.3, -0.25) is 9.59 Å². The van der Waals surface area contributed by atoms with Crippen molar-refractivity contribution in [3.05, 3.63) is 81.6 Å². The van der Waals surface area contributed by atoms with Gasteiger partial charge in [0.25, 0.3) is 11.5 Å². The second kappa shape index (κ2) is 7.05. The van der Waals surface area contributed by atoms with Gasteiger partial charge in [-0.15, -0.1) is 11.3 Å². The van der Waals surface area contributed by atoms with Crippen molar-refractivity contribution in [3.63, 3.8) is 0 Å². The Morgan fingerprint density at radius 3 is 2.74 bits per heavy atom. The molecule has 27 heavy (non-hydrogen) atoms. The van der Waals surface area contributed by atoms with Gasteiger partial charge in [-0.2, -0.15) is 0 Å². The van der Waals surface area contributed by atoms with E-state index in [1.807, 2.05) is 53.9 Å². The van der Waals surface area contributed by atoms with Gasteiger partial charge in [0.1, 0.15) is 0 Å². The van der Waals surface area contributed by atoms with Crippen LogP contribution in [0.5, 0.6) is 5.75 Å². The van der Waals surface area contributed by atoms with Crippen molar-refractivity contribution in [3.8, 4) is 16.5 Å². The molecule has 0 fully saturated rings. The van der Waals surface area contributed by atoms with Crippen LogP contribution in [-0.2, 0) is 6.54 Å². The van der Waals surface area contributed by atoms with Crippen LogP contribution in [0.4, 0.5) is 0 Å². The molecule has 0 unspecified atom stereocenters. The minimum Gasteiger partial charge on any atom is -0.501 e. The van der Waals surface area contributed by atoms with Gasteiger partial charge in [0.15, 0.2) is 11.5 Å². The number of nitrogens with zero attached hydrogens (tertiary/aromatic N) is 1. The Bertz CT molecular complexity index is 1180. The molecule has 3 N–H and O–H groups in total. The number of aromatic amines is 1. The van der Waals surface area contributed by atoms with E-state index >= 15 is 0 Å². The van der Waals surface area contributed by atoms with E-state index in [0.29, 0.717) is 4.88 Å². The van der Waals surface area contributed by atoms with Crippen LogP contribution in [0.15, 0.2) is 64.8 Å². The summed E-state index contributed by atoms with van der Waals surface area (Å²) in [6.07, 6.45) is 0. The topological polar surface area (TPSA) is 95.1 Å². The van der Waals surface area contributed by atoms with Crippen LogP contribution in [0, 0.1) is 0 Å². The Kier molecular flexibility index (Phi) is 4.43. The van der Waals surface area contributed by atoms with Crippen LogP contribution >= 0.6 is 11.3 Å². The Balaban J connectivity index is 1.62. The standard InChI is InChI=1S/C20H15N3O3S/c24-17-16(22-18(23-20(17)26)15-9-4-10-27-15)19(25)21-11-13-7-3-6-12-5-1-2-8-14(12)13/h1-10,24H,11H2,(H,21,25)(H,22,23,26). The summed E-state index contributed by atoms with van der Waals surface area (Å²) < 4.78 is 0. The summed E-state index contributed by atoms with van der Waals surface area (Å²) in [7, 11) is 0. The van der Waals surface area contributed by atoms with Crippen molar-refractivity contribution in [1.82, 2.24) is 15.3 Å². The first-order valence-electron chi connectivity index (χ1n) is 8.25. The maximum Gasteiger partial charge on any atom is 0.294 e. The highest BCUT2D eigenvalue weighted by Gasteiger charge is 2.19. The van der Waals surface area contributed by atoms with Gasteiger partial charge in [0, 0.05) is 6.54 Å². The highest BCUT2D eigenvalue weighted by atomic mass is 32.1. The lowest BCUT2D eigenvalue weighted by molar-refractivity contribution is 0.0942.